The number of nitrogens with zero attached hydrogens (tertiary/aromatic N) is 7. The molecule has 7 rings (SSSR count). The van der Waals surface area contributed by atoms with Gasteiger partial charge in [0.25, 0.3) is 17.1 Å². The number of nitro benzene ring substituents is 3. The van der Waals surface area contributed by atoms with E-state index in [0.29, 0.717) is 41.0 Å². The number of amides is 3. The first-order chi connectivity index (χ1) is 33.4. The van der Waals surface area contributed by atoms with Gasteiger partial charge in [-0.3, -0.25) is 49.7 Å². The van der Waals surface area contributed by atoms with Gasteiger partial charge in [0.2, 0.25) is 11.8 Å². The zero-order valence-electron chi connectivity index (χ0n) is 38.0. The number of carbonyl (C=O) groups is 5. The second-order valence-electron chi connectivity index (χ2n) is 17.4. The van der Waals surface area contributed by atoms with Gasteiger partial charge < -0.3 is 39.8 Å². The number of fused-ring (bicyclic) bond motifs is 1. The molecule has 3 saturated heterocycles. The molecule has 70 heavy (non-hydrogen) atoms. The molecule has 3 fully saturated rings. The molecule has 3 N–H and O–H groups in total. The molecular weight excluding hydrogens is 937 g/mol. The molecule has 4 heterocycles. The fraction of sp³-hybridized carbons (Fsp3) is 0.435. The Bertz CT molecular complexity index is 2590. The first-order valence-electron chi connectivity index (χ1n) is 22.4. The predicted octanol–water partition coefficient (Wildman–Crippen LogP) is 4.91. The lowest BCUT2D eigenvalue weighted by Crippen LogP contribution is -2.63. The number of esters is 2. The molecule has 0 bridgehead atoms. The number of nitrogens with two attached hydrogens (primary N) is 1. The Hall–Kier alpha value is -7.47. The Labute approximate surface area is 404 Å². The third kappa shape index (κ3) is 11.7. The fourth-order valence-corrected chi connectivity index (χ4v) is 10.6. The third-order valence-corrected chi connectivity index (χ3v) is 14.2. The van der Waals surface area contributed by atoms with Crippen molar-refractivity contribution >= 4 is 64.5 Å². The van der Waals surface area contributed by atoms with Crippen molar-refractivity contribution in [1.82, 2.24) is 14.7 Å². The molecule has 4 aliphatic heterocycles. The van der Waals surface area contributed by atoms with E-state index in [9.17, 15) is 59.4 Å². The van der Waals surface area contributed by atoms with Crippen molar-refractivity contribution < 1.29 is 58.1 Å². The van der Waals surface area contributed by atoms with Gasteiger partial charge in [-0.25, -0.2) is 9.59 Å². The monoisotopic (exact) mass is 986 g/mol. The summed E-state index contributed by atoms with van der Waals surface area (Å²) in [6, 6.07) is 15.1. The summed E-state index contributed by atoms with van der Waals surface area (Å²) in [6.07, 6.45) is -0.898. The normalized spacial score (nSPS) is 22.3. The van der Waals surface area contributed by atoms with E-state index in [4.69, 9.17) is 19.9 Å². The van der Waals surface area contributed by atoms with Crippen molar-refractivity contribution in [3.8, 4) is 0 Å². The van der Waals surface area contributed by atoms with Crippen LogP contribution in [-0.4, -0.2) is 119 Å². The van der Waals surface area contributed by atoms with E-state index in [1.807, 2.05) is 6.92 Å². The van der Waals surface area contributed by atoms with E-state index in [-0.39, 0.29) is 98.0 Å². The number of amidine groups is 1. The minimum Gasteiger partial charge on any atom is -0.460 e. The first kappa shape index (κ1) is 50.4. The summed E-state index contributed by atoms with van der Waals surface area (Å²) in [5.74, 6) is -3.27. The molecule has 0 unspecified atom stereocenters. The van der Waals surface area contributed by atoms with Gasteiger partial charge in [-0.1, -0.05) is 6.92 Å². The maximum absolute atomic E-state index is 13.9. The molecule has 23 nitrogen and oxygen atoms in total. The van der Waals surface area contributed by atoms with Gasteiger partial charge in [-0.15, -0.1) is 11.8 Å². The number of hydrogen-bond donors (Lipinski definition) is 2. The topological polar surface area (TPSA) is 311 Å². The number of β-lactam (4-membered cyclic amide) rings is 1. The summed E-state index contributed by atoms with van der Waals surface area (Å²) in [5.41, 5.74) is 7.26. The van der Waals surface area contributed by atoms with Crippen molar-refractivity contribution in [2.75, 3.05) is 19.6 Å². The van der Waals surface area contributed by atoms with E-state index in [0.717, 1.165) is 0 Å². The molecule has 3 amide bonds. The number of ether oxygens (including phenoxy) is 3. The average Bonchev–Trinajstić information content (AvgIpc) is 4.03. The Morgan fingerprint density at radius 3 is 1.89 bits per heavy atom. The minimum absolute atomic E-state index is 0.0169. The quantitative estimate of drug-likeness (QED) is 0.0307. The summed E-state index contributed by atoms with van der Waals surface area (Å²) in [5, 5.41) is 43.4. The SMILES string of the molecule is C[C@@H](O)[C@H]1C(=O)N2C(C(=O)OCc3ccc([N+](=O)[O-])cc3)=C(S[C@H]3C[C@H](CCC(=O)N4CC[C@H](N=C(N)CC(=O)OCc5ccc([N+](=O)[O-])cc5)C4)N(C(=O)OCc4ccc([N+](=O)[O-])cc4)C3)[C@H](C)[C@H]12. The second kappa shape index (κ2) is 21.9. The van der Waals surface area contributed by atoms with Crippen LogP contribution in [0.15, 0.2) is 88.4 Å². The molecule has 7 atom stereocenters. The van der Waals surface area contributed by atoms with E-state index in [1.54, 1.807) is 4.90 Å². The zero-order chi connectivity index (χ0) is 50.4. The Morgan fingerprint density at radius 2 is 1.36 bits per heavy atom. The maximum atomic E-state index is 13.9. The van der Waals surface area contributed by atoms with Gasteiger partial charge in [0.1, 0.15) is 37.8 Å². The van der Waals surface area contributed by atoms with Gasteiger partial charge in [-0.05, 0) is 79.3 Å². The van der Waals surface area contributed by atoms with E-state index in [1.165, 1.54) is 101 Å². The van der Waals surface area contributed by atoms with Crippen molar-refractivity contribution in [2.45, 2.75) is 95.3 Å². The molecule has 3 aromatic rings. The molecule has 3 aromatic carbocycles. The van der Waals surface area contributed by atoms with Crippen molar-refractivity contribution in [3.63, 3.8) is 0 Å². The second-order valence-corrected chi connectivity index (χ2v) is 18.8. The van der Waals surface area contributed by atoms with Crippen LogP contribution in [0.1, 0.15) is 62.6 Å². The lowest BCUT2D eigenvalue weighted by atomic mass is 9.79. The van der Waals surface area contributed by atoms with Gasteiger partial charge in [0.05, 0.1) is 38.9 Å². The number of carbonyl (C=O) groups excluding carboxylic acids is 5. The number of aliphatic imine (C=N–C) groups is 1. The molecule has 4 aliphatic rings. The maximum Gasteiger partial charge on any atom is 0.410 e. The molecule has 0 radical (unpaired) electrons. The van der Waals surface area contributed by atoms with Crippen molar-refractivity contribution in [1.29, 1.82) is 0 Å². The van der Waals surface area contributed by atoms with Crippen LogP contribution in [0.4, 0.5) is 21.9 Å². The van der Waals surface area contributed by atoms with Gasteiger partial charge in [-0.2, -0.15) is 0 Å². The molecule has 0 aromatic heterocycles. The van der Waals surface area contributed by atoms with Crippen LogP contribution in [-0.2, 0) is 53.2 Å². The van der Waals surface area contributed by atoms with Crippen LogP contribution in [0.25, 0.3) is 0 Å². The fourth-order valence-electron chi connectivity index (χ4n) is 9.06. The number of benzene rings is 3. The number of non-ortho nitro benzene ring substituents is 3. The predicted molar refractivity (Wildman–Crippen MR) is 248 cm³/mol. The molecular formula is C46H50N8O15S. The first-order valence-corrected chi connectivity index (χ1v) is 23.2. The van der Waals surface area contributed by atoms with Crippen LogP contribution < -0.4 is 5.73 Å². The molecule has 370 valence electrons. The number of hydrogen-bond acceptors (Lipinski definition) is 17. The van der Waals surface area contributed by atoms with Crippen molar-refractivity contribution in [3.05, 3.63) is 130 Å². The summed E-state index contributed by atoms with van der Waals surface area (Å²) < 4.78 is 16.6. The average molecular weight is 987 g/mol. The van der Waals surface area contributed by atoms with Crippen LogP contribution in [0.2, 0.25) is 0 Å². The van der Waals surface area contributed by atoms with Crippen LogP contribution >= 0.6 is 11.8 Å². The largest absolute Gasteiger partial charge is 0.460 e. The van der Waals surface area contributed by atoms with E-state index >= 15 is 0 Å². The Balaban J connectivity index is 1.01. The Kier molecular flexibility index (Phi) is 15.7. The van der Waals surface area contributed by atoms with Gasteiger partial charge >= 0.3 is 18.0 Å². The number of thioether (sulfide) groups is 1. The third-order valence-electron chi connectivity index (χ3n) is 12.7. The van der Waals surface area contributed by atoms with E-state index in [2.05, 4.69) is 4.99 Å². The van der Waals surface area contributed by atoms with Crippen LogP contribution in [0, 0.1) is 42.2 Å². The highest BCUT2D eigenvalue weighted by Gasteiger charge is 2.60. The number of aliphatic hydroxyl groups is 1. The Morgan fingerprint density at radius 1 is 0.829 bits per heavy atom. The highest BCUT2D eigenvalue weighted by atomic mass is 32.2. The highest BCUT2D eigenvalue weighted by Crippen LogP contribution is 2.52. The smallest absolute Gasteiger partial charge is 0.410 e. The summed E-state index contributed by atoms with van der Waals surface area (Å²) in [4.78, 5) is 108. The van der Waals surface area contributed by atoms with E-state index < -0.39 is 68.7 Å². The number of nitro groups is 3. The molecule has 0 aliphatic carbocycles. The van der Waals surface area contributed by atoms with Crippen molar-refractivity contribution in [2.24, 2.45) is 22.6 Å². The summed E-state index contributed by atoms with van der Waals surface area (Å²) >= 11 is 1.30. The molecule has 24 heteroatoms. The van der Waals surface area contributed by atoms with Crippen LogP contribution in [0.3, 0.4) is 0 Å². The number of likely N-dealkylation sites (tertiary alicyclic amines) is 2. The standard InChI is InChI=1S/C46H50N8O15S/c1-26-41-40(27(2)55)44(58)51(41)42(45(59)68-24-29-5-11-33(12-6-29)53(63)64)43(26)70-36-19-35(50(22-36)46(60)69-25-30-7-13-34(14-8-30)54(65)66)15-16-38(56)49-18-17-31(21-49)48-37(47)20-39(57)67-23-28-3-9-32(10-4-28)52(61)62/h3-14,26-27,31,35-36,40-41,55H,15-25H2,1-2H3,(H2,47,48)/t26-,27-,31+,35+,36+,40-,41-/m1/s1. The molecule has 0 spiro atoms. The number of rotatable bonds is 19. The highest BCUT2D eigenvalue weighted by molar-refractivity contribution is 8.03. The lowest BCUT2D eigenvalue weighted by molar-refractivity contribution is -0.385. The lowest BCUT2D eigenvalue weighted by Gasteiger charge is -2.46. The summed E-state index contributed by atoms with van der Waals surface area (Å²) in [6.45, 7) is 3.53. The van der Waals surface area contributed by atoms with Gasteiger partial charge in [0, 0.05) is 84.6 Å². The van der Waals surface area contributed by atoms with Crippen LogP contribution in [0.5, 0.6) is 0 Å². The molecule has 0 saturated carbocycles. The van der Waals surface area contributed by atoms with Gasteiger partial charge in [0.15, 0.2) is 0 Å². The minimum atomic E-state index is -1.01. The summed E-state index contributed by atoms with van der Waals surface area (Å²) in [7, 11) is 0. The zero-order valence-corrected chi connectivity index (χ0v) is 38.8. The number of aliphatic hydroxyl groups excluding tert-OH is 1.